The fraction of sp³-hybridized carbons (Fsp3) is 0.0588. The van der Waals surface area contributed by atoms with Gasteiger partial charge < -0.3 is 5.32 Å². The molecule has 2 heteroatoms. The molecule has 19 heavy (non-hydrogen) atoms. The van der Waals surface area contributed by atoms with Crippen molar-refractivity contribution in [2.45, 2.75) is 6.54 Å². The summed E-state index contributed by atoms with van der Waals surface area (Å²) in [5.41, 5.74) is 5.02. The van der Waals surface area contributed by atoms with Crippen LogP contribution in [0.4, 0.5) is 5.69 Å². The minimum Gasteiger partial charge on any atom is -0.380 e. The smallest absolute Gasteiger partial charge is 0.0451 e. The van der Waals surface area contributed by atoms with E-state index in [1.165, 1.54) is 22.4 Å². The average molecular weight is 265 g/mol. The molecule has 0 aliphatic carbocycles. The maximum Gasteiger partial charge on any atom is 0.0451 e. The molecule has 0 spiro atoms. The van der Waals surface area contributed by atoms with Gasteiger partial charge in [0.05, 0.1) is 0 Å². The van der Waals surface area contributed by atoms with Crippen LogP contribution in [0, 0.1) is 0 Å². The first-order chi connectivity index (χ1) is 9.42. The Hall–Kier alpha value is -2.06. The van der Waals surface area contributed by atoms with Gasteiger partial charge in [0.15, 0.2) is 0 Å². The van der Waals surface area contributed by atoms with Crippen molar-refractivity contribution in [2.24, 2.45) is 0 Å². The summed E-state index contributed by atoms with van der Waals surface area (Å²) >= 11 is 1.71. The average Bonchev–Trinajstić information content (AvgIpc) is 3.00. The first-order valence-electron chi connectivity index (χ1n) is 6.32. The quantitative estimate of drug-likeness (QED) is 0.698. The van der Waals surface area contributed by atoms with Gasteiger partial charge in [-0.2, -0.15) is 11.3 Å². The van der Waals surface area contributed by atoms with Gasteiger partial charge in [-0.1, -0.05) is 54.6 Å². The van der Waals surface area contributed by atoms with Crippen LogP contribution in [0.5, 0.6) is 0 Å². The van der Waals surface area contributed by atoms with E-state index in [1.807, 2.05) is 6.07 Å². The van der Waals surface area contributed by atoms with Gasteiger partial charge >= 0.3 is 0 Å². The van der Waals surface area contributed by atoms with Gasteiger partial charge in [0.25, 0.3) is 0 Å². The molecule has 0 amide bonds. The van der Waals surface area contributed by atoms with Gasteiger partial charge in [-0.15, -0.1) is 0 Å². The molecule has 94 valence electrons. The number of benzene rings is 2. The molecule has 0 saturated carbocycles. The van der Waals surface area contributed by atoms with Crippen LogP contribution in [0.25, 0.3) is 11.1 Å². The van der Waals surface area contributed by atoms with Gasteiger partial charge in [-0.05, 0) is 28.1 Å². The first-order valence-corrected chi connectivity index (χ1v) is 7.26. The maximum absolute atomic E-state index is 3.41. The summed E-state index contributed by atoms with van der Waals surface area (Å²) in [6, 6.07) is 21.3. The number of thiophene rings is 1. The van der Waals surface area contributed by atoms with Crippen molar-refractivity contribution in [3.63, 3.8) is 0 Å². The summed E-state index contributed by atoms with van der Waals surface area (Å²) in [5, 5.41) is 7.62. The standard InChI is InChI=1S/C17H15NS/c1-2-4-15(5-3-1)16-8-6-14(7-9-16)12-18-17-10-11-19-13-17/h1-11,13,18H,12H2. The van der Waals surface area contributed by atoms with Gasteiger partial charge in [0.1, 0.15) is 0 Å². The van der Waals surface area contributed by atoms with E-state index < -0.39 is 0 Å². The van der Waals surface area contributed by atoms with E-state index in [2.05, 4.69) is 70.7 Å². The molecular formula is C17H15NS. The zero-order valence-electron chi connectivity index (χ0n) is 10.5. The molecule has 0 aliphatic rings. The normalized spacial score (nSPS) is 10.3. The largest absolute Gasteiger partial charge is 0.380 e. The van der Waals surface area contributed by atoms with Crippen LogP contribution in [-0.4, -0.2) is 0 Å². The Balaban J connectivity index is 1.69. The summed E-state index contributed by atoms with van der Waals surface area (Å²) in [5.74, 6) is 0. The third-order valence-corrected chi connectivity index (χ3v) is 3.76. The molecule has 0 unspecified atom stereocenters. The van der Waals surface area contributed by atoms with E-state index in [9.17, 15) is 0 Å². The van der Waals surface area contributed by atoms with Gasteiger partial charge in [0.2, 0.25) is 0 Å². The van der Waals surface area contributed by atoms with Gasteiger partial charge in [-0.3, -0.25) is 0 Å². The lowest BCUT2D eigenvalue weighted by Crippen LogP contribution is -1.97. The summed E-state index contributed by atoms with van der Waals surface area (Å²) in [6.45, 7) is 0.867. The van der Waals surface area contributed by atoms with E-state index in [1.54, 1.807) is 11.3 Å². The Bertz CT molecular complexity index is 612. The molecule has 2 aromatic carbocycles. The van der Waals surface area contributed by atoms with Crippen molar-refractivity contribution in [1.82, 2.24) is 0 Å². The lowest BCUT2D eigenvalue weighted by Gasteiger charge is -2.06. The predicted octanol–water partition coefficient (Wildman–Crippen LogP) is 5.03. The molecule has 0 fully saturated rings. The molecule has 0 atom stereocenters. The minimum atomic E-state index is 0.867. The molecule has 0 radical (unpaired) electrons. The summed E-state index contributed by atoms with van der Waals surface area (Å²) in [6.07, 6.45) is 0. The van der Waals surface area contributed by atoms with Crippen LogP contribution in [0.2, 0.25) is 0 Å². The Kier molecular flexibility index (Phi) is 3.61. The van der Waals surface area contributed by atoms with Crippen LogP contribution < -0.4 is 5.32 Å². The summed E-state index contributed by atoms with van der Waals surface area (Å²) in [4.78, 5) is 0. The third-order valence-electron chi connectivity index (χ3n) is 3.08. The predicted molar refractivity (Wildman–Crippen MR) is 83.5 cm³/mol. The topological polar surface area (TPSA) is 12.0 Å². The zero-order valence-corrected chi connectivity index (χ0v) is 11.4. The number of rotatable bonds is 4. The zero-order chi connectivity index (χ0) is 12.9. The molecule has 3 aromatic rings. The molecule has 0 aliphatic heterocycles. The molecule has 1 nitrogen and oxygen atoms in total. The minimum absolute atomic E-state index is 0.867. The highest BCUT2D eigenvalue weighted by molar-refractivity contribution is 7.08. The van der Waals surface area contributed by atoms with Gasteiger partial charge in [0, 0.05) is 17.6 Å². The summed E-state index contributed by atoms with van der Waals surface area (Å²) in [7, 11) is 0. The van der Waals surface area contributed by atoms with E-state index >= 15 is 0 Å². The Morgan fingerprint density at radius 3 is 2.21 bits per heavy atom. The molecule has 3 rings (SSSR count). The van der Waals surface area contributed by atoms with Crippen LogP contribution in [0.1, 0.15) is 5.56 Å². The highest BCUT2D eigenvalue weighted by Crippen LogP contribution is 2.20. The second-order valence-electron chi connectivity index (χ2n) is 4.43. The Morgan fingerprint density at radius 2 is 1.53 bits per heavy atom. The highest BCUT2D eigenvalue weighted by Gasteiger charge is 1.98. The Morgan fingerprint density at radius 1 is 0.789 bits per heavy atom. The molecule has 0 bridgehead atoms. The maximum atomic E-state index is 3.41. The fourth-order valence-corrected chi connectivity index (χ4v) is 2.63. The van der Waals surface area contributed by atoms with E-state index in [0.717, 1.165) is 6.54 Å². The number of hydrogen-bond acceptors (Lipinski definition) is 2. The third kappa shape index (κ3) is 3.04. The Labute approximate surface area is 117 Å². The van der Waals surface area contributed by atoms with Crippen molar-refractivity contribution >= 4 is 17.0 Å². The molecule has 1 aromatic heterocycles. The summed E-state index contributed by atoms with van der Waals surface area (Å²) < 4.78 is 0. The van der Waals surface area contributed by atoms with Crippen molar-refractivity contribution in [3.8, 4) is 11.1 Å². The lowest BCUT2D eigenvalue weighted by molar-refractivity contribution is 1.15. The number of nitrogens with one attached hydrogen (secondary N) is 1. The number of anilines is 1. The van der Waals surface area contributed by atoms with Crippen LogP contribution in [0.3, 0.4) is 0 Å². The fourth-order valence-electron chi connectivity index (χ4n) is 2.01. The molecule has 1 heterocycles. The molecule has 0 saturated heterocycles. The second-order valence-corrected chi connectivity index (χ2v) is 5.21. The highest BCUT2D eigenvalue weighted by atomic mass is 32.1. The second kappa shape index (κ2) is 5.72. The van der Waals surface area contributed by atoms with Crippen LogP contribution in [-0.2, 0) is 6.54 Å². The van der Waals surface area contributed by atoms with Gasteiger partial charge in [-0.25, -0.2) is 0 Å². The lowest BCUT2D eigenvalue weighted by atomic mass is 10.0. The first kappa shape index (κ1) is 12.0. The van der Waals surface area contributed by atoms with Crippen molar-refractivity contribution in [2.75, 3.05) is 5.32 Å². The van der Waals surface area contributed by atoms with E-state index in [0.29, 0.717) is 0 Å². The number of hydrogen-bond donors (Lipinski definition) is 1. The van der Waals surface area contributed by atoms with Crippen molar-refractivity contribution in [3.05, 3.63) is 77.0 Å². The van der Waals surface area contributed by atoms with E-state index in [4.69, 9.17) is 0 Å². The van der Waals surface area contributed by atoms with Crippen LogP contribution in [0.15, 0.2) is 71.4 Å². The monoisotopic (exact) mass is 265 g/mol. The molecule has 1 N–H and O–H groups in total. The van der Waals surface area contributed by atoms with Crippen molar-refractivity contribution in [1.29, 1.82) is 0 Å². The SMILES string of the molecule is c1ccc(-c2ccc(CNc3ccsc3)cc2)cc1. The molecular weight excluding hydrogens is 250 g/mol. The van der Waals surface area contributed by atoms with Crippen LogP contribution >= 0.6 is 11.3 Å². The van der Waals surface area contributed by atoms with Crippen molar-refractivity contribution < 1.29 is 0 Å². The van der Waals surface area contributed by atoms with E-state index in [-0.39, 0.29) is 0 Å².